The maximum Gasteiger partial charge on any atom is 0.405 e. The second kappa shape index (κ2) is 5.82. The van der Waals surface area contributed by atoms with Crippen molar-refractivity contribution in [2.75, 3.05) is 33.3 Å². The molecule has 1 heterocycles. The molecule has 0 spiro atoms. The average molecular weight is 308 g/mol. The van der Waals surface area contributed by atoms with E-state index in [1.165, 1.54) is 7.11 Å². The van der Waals surface area contributed by atoms with Gasteiger partial charge in [0.05, 0.1) is 19.1 Å². The molecule has 1 aliphatic heterocycles. The summed E-state index contributed by atoms with van der Waals surface area (Å²) in [4.78, 5) is 25.3. The number of amides is 1. The Bertz CT molecular complexity index is 427. The van der Waals surface area contributed by atoms with Gasteiger partial charge in [0.1, 0.15) is 6.54 Å². The quantitative estimate of drug-likeness (QED) is 0.785. The lowest BCUT2D eigenvalue weighted by Gasteiger charge is -2.25. The number of methoxy groups -OCH3 is 1. The molecule has 1 saturated heterocycles. The lowest BCUT2D eigenvalue weighted by Crippen LogP contribution is -2.42. The monoisotopic (exact) mass is 308 g/mol. The number of esters is 1. The molecule has 2 rings (SSSR count). The molecule has 1 saturated carbocycles. The Morgan fingerprint density at radius 3 is 2.76 bits per heavy atom. The first kappa shape index (κ1) is 16.1. The van der Waals surface area contributed by atoms with Gasteiger partial charge in [-0.25, -0.2) is 0 Å². The summed E-state index contributed by atoms with van der Waals surface area (Å²) in [5.41, 5.74) is -0.584. The summed E-state index contributed by atoms with van der Waals surface area (Å²) in [6.45, 7) is -0.519. The van der Waals surface area contributed by atoms with E-state index in [-0.39, 0.29) is 18.4 Å². The van der Waals surface area contributed by atoms with E-state index in [2.05, 4.69) is 0 Å². The fourth-order valence-electron chi connectivity index (χ4n) is 3.51. The number of carbonyl (C=O) groups is 2. The van der Waals surface area contributed by atoms with E-state index < -0.39 is 24.0 Å². The van der Waals surface area contributed by atoms with Crippen molar-refractivity contribution in [2.45, 2.75) is 25.4 Å². The first-order valence-electron chi connectivity index (χ1n) is 6.91. The molecule has 0 unspecified atom stereocenters. The normalized spacial score (nSPS) is 29.2. The van der Waals surface area contributed by atoms with E-state index in [9.17, 15) is 22.8 Å². The number of carbonyl (C=O) groups excluding carboxylic acids is 2. The van der Waals surface area contributed by atoms with Gasteiger partial charge in [0.2, 0.25) is 5.91 Å². The molecule has 2 aliphatic rings. The third-order valence-electron chi connectivity index (χ3n) is 4.39. The number of nitrogens with one attached hydrogen (secondary N) is 1. The maximum absolute atomic E-state index is 12.0. The summed E-state index contributed by atoms with van der Waals surface area (Å²) in [6, 6.07) is 0. The largest absolute Gasteiger partial charge is 0.469 e. The number of ether oxygens (including phenoxy) is 1. The SMILES string of the molecule is COC(=O)[C@]12CCC[C@H]1CN(CC(=O)NCC(F)(F)F)C2. The first-order chi connectivity index (χ1) is 9.77. The van der Waals surface area contributed by atoms with Gasteiger partial charge in [-0.15, -0.1) is 0 Å². The van der Waals surface area contributed by atoms with Crippen LogP contribution in [0.2, 0.25) is 0 Å². The van der Waals surface area contributed by atoms with Crippen LogP contribution in [0.3, 0.4) is 0 Å². The molecule has 1 N–H and O–H groups in total. The highest BCUT2D eigenvalue weighted by Gasteiger charge is 2.55. The molecule has 1 amide bonds. The highest BCUT2D eigenvalue weighted by molar-refractivity contribution is 5.80. The Morgan fingerprint density at radius 2 is 2.14 bits per heavy atom. The van der Waals surface area contributed by atoms with Crippen LogP contribution in [0.1, 0.15) is 19.3 Å². The second-order valence-corrected chi connectivity index (χ2v) is 5.80. The van der Waals surface area contributed by atoms with Crippen molar-refractivity contribution < 1.29 is 27.5 Å². The molecular formula is C13H19F3N2O3. The van der Waals surface area contributed by atoms with E-state index in [0.29, 0.717) is 19.5 Å². The van der Waals surface area contributed by atoms with Crippen LogP contribution in [0.5, 0.6) is 0 Å². The van der Waals surface area contributed by atoms with Crippen LogP contribution in [0.25, 0.3) is 0 Å². The fraction of sp³-hybridized carbons (Fsp3) is 0.846. The van der Waals surface area contributed by atoms with Crippen LogP contribution in [0.4, 0.5) is 13.2 Å². The van der Waals surface area contributed by atoms with Gasteiger partial charge in [0.25, 0.3) is 0 Å². The maximum atomic E-state index is 12.0. The topological polar surface area (TPSA) is 58.6 Å². The van der Waals surface area contributed by atoms with Crippen molar-refractivity contribution in [1.82, 2.24) is 10.2 Å². The van der Waals surface area contributed by atoms with Gasteiger partial charge in [0.15, 0.2) is 0 Å². The molecule has 0 aromatic carbocycles. The summed E-state index contributed by atoms with van der Waals surface area (Å²) in [6.07, 6.45) is -1.88. The number of rotatable bonds is 4. The van der Waals surface area contributed by atoms with Crippen LogP contribution >= 0.6 is 0 Å². The van der Waals surface area contributed by atoms with Gasteiger partial charge in [-0.05, 0) is 18.8 Å². The fourth-order valence-corrected chi connectivity index (χ4v) is 3.51. The van der Waals surface area contributed by atoms with Gasteiger partial charge in [0, 0.05) is 13.1 Å². The zero-order valence-electron chi connectivity index (χ0n) is 11.8. The van der Waals surface area contributed by atoms with Gasteiger partial charge in [-0.1, -0.05) is 6.42 Å². The summed E-state index contributed by atoms with van der Waals surface area (Å²) in [5.74, 6) is -0.823. The van der Waals surface area contributed by atoms with E-state index in [1.807, 2.05) is 5.32 Å². The Labute approximate surface area is 120 Å². The van der Waals surface area contributed by atoms with Crippen molar-refractivity contribution in [3.8, 4) is 0 Å². The Kier molecular flexibility index (Phi) is 4.46. The van der Waals surface area contributed by atoms with Gasteiger partial charge in [-0.2, -0.15) is 13.2 Å². The zero-order valence-corrected chi connectivity index (χ0v) is 11.8. The minimum Gasteiger partial charge on any atom is -0.469 e. The number of alkyl halides is 3. The van der Waals surface area contributed by atoms with E-state index in [1.54, 1.807) is 4.90 Å². The van der Waals surface area contributed by atoms with Gasteiger partial charge >= 0.3 is 12.1 Å². The molecule has 0 aromatic heterocycles. The number of likely N-dealkylation sites (tertiary alicyclic amines) is 1. The predicted molar refractivity (Wildman–Crippen MR) is 67.3 cm³/mol. The summed E-state index contributed by atoms with van der Waals surface area (Å²) >= 11 is 0. The summed E-state index contributed by atoms with van der Waals surface area (Å²) in [7, 11) is 1.34. The number of hydrogen-bond acceptors (Lipinski definition) is 4. The number of hydrogen-bond donors (Lipinski definition) is 1. The number of nitrogens with zero attached hydrogens (tertiary/aromatic N) is 1. The molecule has 2 fully saturated rings. The van der Waals surface area contributed by atoms with Crippen LogP contribution in [0.15, 0.2) is 0 Å². The Balaban J connectivity index is 1.90. The Morgan fingerprint density at radius 1 is 1.43 bits per heavy atom. The molecule has 5 nitrogen and oxygen atoms in total. The molecule has 0 radical (unpaired) electrons. The minimum atomic E-state index is -4.41. The van der Waals surface area contributed by atoms with Crippen molar-refractivity contribution >= 4 is 11.9 Å². The van der Waals surface area contributed by atoms with Crippen molar-refractivity contribution in [3.63, 3.8) is 0 Å². The van der Waals surface area contributed by atoms with E-state index in [4.69, 9.17) is 4.74 Å². The van der Waals surface area contributed by atoms with Crippen LogP contribution in [0, 0.1) is 11.3 Å². The zero-order chi connectivity index (χ0) is 15.7. The molecule has 21 heavy (non-hydrogen) atoms. The summed E-state index contributed by atoms with van der Waals surface area (Å²) < 4.78 is 41.0. The third kappa shape index (κ3) is 3.48. The number of fused-ring (bicyclic) bond motifs is 1. The number of halogens is 3. The van der Waals surface area contributed by atoms with Crippen molar-refractivity contribution in [2.24, 2.45) is 11.3 Å². The second-order valence-electron chi connectivity index (χ2n) is 5.80. The molecule has 1 aliphatic carbocycles. The standard InChI is InChI=1S/C13H19F3N2O3/c1-21-11(20)12-4-2-3-9(12)5-18(8-12)6-10(19)17-7-13(14,15)16/h9H,2-8H2,1H3,(H,17,19)/t9-,12-/m0/s1. The summed E-state index contributed by atoms with van der Waals surface area (Å²) in [5, 5.41) is 1.85. The van der Waals surface area contributed by atoms with Crippen molar-refractivity contribution in [1.29, 1.82) is 0 Å². The lowest BCUT2D eigenvalue weighted by atomic mass is 9.81. The molecule has 8 heteroatoms. The highest BCUT2D eigenvalue weighted by Crippen LogP contribution is 2.49. The lowest BCUT2D eigenvalue weighted by molar-refractivity contribution is -0.153. The van der Waals surface area contributed by atoms with Crippen LogP contribution in [-0.2, 0) is 14.3 Å². The molecular weight excluding hydrogens is 289 g/mol. The van der Waals surface area contributed by atoms with Crippen LogP contribution < -0.4 is 5.32 Å². The first-order valence-corrected chi connectivity index (χ1v) is 6.91. The van der Waals surface area contributed by atoms with Gasteiger partial charge < -0.3 is 10.1 Å². The van der Waals surface area contributed by atoms with Crippen LogP contribution in [-0.4, -0.2) is 56.2 Å². The minimum absolute atomic E-state index is 0.120. The predicted octanol–water partition coefficient (Wildman–Crippen LogP) is 0.940. The molecule has 120 valence electrons. The van der Waals surface area contributed by atoms with E-state index >= 15 is 0 Å². The Hall–Kier alpha value is -1.31. The average Bonchev–Trinajstić information content (AvgIpc) is 2.92. The highest BCUT2D eigenvalue weighted by atomic mass is 19.4. The third-order valence-corrected chi connectivity index (χ3v) is 4.39. The smallest absolute Gasteiger partial charge is 0.405 e. The molecule has 2 atom stereocenters. The van der Waals surface area contributed by atoms with Crippen molar-refractivity contribution in [3.05, 3.63) is 0 Å². The molecule has 0 bridgehead atoms. The van der Waals surface area contributed by atoms with E-state index in [0.717, 1.165) is 12.8 Å². The molecule has 0 aromatic rings. The van der Waals surface area contributed by atoms with Gasteiger partial charge in [-0.3, -0.25) is 14.5 Å².